The Balaban J connectivity index is 1.50. The maximum atomic E-state index is 10.3. The van der Waals surface area contributed by atoms with Gasteiger partial charge in [0.05, 0.1) is 25.4 Å². The minimum atomic E-state index is -0.444. The molecular weight excluding hydrogens is 320 g/mol. The Hall–Kier alpha value is -2.03. The van der Waals surface area contributed by atoms with Crippen LogP contribution in [0, 0.1) is 0 Å². The molecule has 3 rings (SSSR count). The molecule has 1 aliphatic rings. The Morgan fingerprint density at radius 1 is 1.36 bits per heavy atom. The number of hydrogen-bond acceptors (Lipinski definition) is 7. The number of hydrogen-bond donors (Lipinski definition) is 1. The first-order valence-electron chi connectivity index (χ1n) is 8.76. The van der Waals surface area contributed by atoms with Gasteiger partial charge >= 0.3 is 0 Å². The summed E-state index contributed by atoms with van der Waals surface area (Å²) in [6, 6.07) is 5.72. The minimum Gasteiger partial charge on any atom is -0.390 e. The lowest BCUT2D eigenvalue weighted by Gasteiger charge is -2.36. The second-order valence-corrected chi connectivity index (χ2v) is 6.25. The predicted molar refractivity (Wildman–Crippen MR) is 94.3 cm³/mol. The van der Waals surface area contributed by atoms with E-state index in [1.165, 1.54) is 0 Å². The summed E-state index contributed by atoms with van der Waals surface area (Å²) in [6.07, 6.45) is 4.92. The van der Waals surface area contributed by atoms with Crippen LogP contribution in [0.25, 0.3) is 0 Å². The van der Waals surface area contributed by atoms with E-state index < -0.39 is 6.10 Å². The third-order valence-electron chi connectivity index (χ3n) is 4.34. The van der Waals surface area contributed by atoms with Crippen molar-refractivity contribution >= 4 is 5.82 Å². The molecule has 2 aromatic rings. The summed E-state index contributed by atoms with van der Waals surface area (Å²) in [7, 11) is 0. The molecule has 0 bridgehead atoms. The number of β-amino-alcohol motifs (C(OH)–C–C–N with tert-alkyl or cyclic N) is 1. The first-order chi connectivity index (χ1) is 12.2. The summed E-state index contributed by atoms with van der Waals surface area (Å²) in [6.45, 7) is 7.16. The lowest BCUT2D eigenvalue weighted by molar-refractivity contribution is -0.0382. The van der Waals surface area contributed by atoms with Gasteiger partial charge in [0.2, 0.25) is 0 Å². The number of aliphatic hydroxyl groups is 1. The summed E-state index contributed by atoms with van der Waals surface area (Å²) in [4.78, 5) is 4.42. The fourth-order valence-corrected chi connectivity index (χ4v) is 3.13. The Labute approximate surface area is 148 Å². The highest BCUT2D eigenvalue weighted by Crippen LogP contribution is 2.13. The van der Waals surface area contributed by atoms with E-state index in [-0.39, 0.29) is 6.10 Å². The molecule has 1 N–H and O–H groups in total. The first-order valence-corrected chi connectivity index (χ1v) is 8.76. The third kappa shape index (κ3) is 5.22. The van der Waals surface area contributed by atoms with E-state index in [0.717, 1.165) is 32.0 Å². The van der Waals surface area contributed by atoms with Gasteiger partial charge in [0, 0.05) is 51.3 Å². The third-order valence-corrected chi connectivity index (χ3v) is 4.34. The highest BCUT2D eigenvalue weighted by molar-refractivity contribution is 5.36. The second-order valence-electron chi connectivity index (χ2n) is 6.25. The highest BCUT2D eigenvalue weighted by atomic mass is 16.5. The number of likely N-dealkylation sites (N-methyl/N-ethyl adjacent to an activating group) is 1. The molecule has 2 aromatic heterocycles. The van der Waals surface area contributed by atoms with Crippen molar-refractivity contribution in [2.75, 3.05) is 44.2 Å². The van der Waals surface area contributed by atoms with Gasteiger partial charge in [-0.3, -0.25) is 9.58 Å². The number of rotatable bonds is 8. The van der Waals surface area contributed by atoms with Crippen molar-refractivity contribution in [1.82, 2.24) is 24.9 Å². The van der Waals surface area contributed by atoms with Gasteiger partial charge < -0.3 is 14.7 Å². The topological polar surface area (TPSA) is 79.5 Å². The first kappa shape index (κ1) is 17.8. The SMILES string of the molecule is CCN(C[C@H]1CN(C[C@H](O)Cn2cccn2)CCO1)c1cccnn1. The Morgan fingerprint density at radius 3 is 3.00 bits per heavy atom. The van der Waals surface area contributed by atoms with Gasteiger partial charge in [0.15, 0.2) is 5.82 Å². The molecule has 8 nitrogen and oxygen atoms in total. The average molecular weight is 346 g/mol. The van der Waals surface area contributed by atoms with E-state index >= 15 is 0 Å². The quantitative estimate of drug-likeness (QED) is 0.734. The van der Waals surface area contributed by atoms with Gasteiger partial charge in [0.1, 0.15) is 0 Å². The largest absolute Gasteiger partial charge is 0.390 e. The molecule has 0 unspecified atom stereocenters. The smallest absolute Gasteiger partial charge is 0.151 e. The van der Waals surface area contributed by atoms with Crippen LogP contribution in [0.3, 0.4) is 0 Å². The van der Waals surface area contributed by atoms with Gasteiger partial charge in [-0.2, -0.15) is 10.2 Å². The second kappa shape index (κ2) is 8.89. The van der Waals surface area contributed by atoms with Crippen LogP contribution in [0.15, 0.2) is 36.8 Å². The zero-order valence-electron chi connectivity index (χ0n) is 14.6. The van der Waals surface area contributed by atoms with E-state index in [0.29, 0.717) is 19.7 Å². The van der Waals surface area contributed by atoms with Crippen molar-refractivity contribution in [1.29, 1.82) is 0 Å². The van der Waals surface area contributed by atoms with Crippen molar-refractivity contribution in [3.05, 3.63) is 36.8 Å². The molecule has 2 atom stereocenters. The van der Waals surface area contributed by atoms with Gasteiger partial charge in [-0.05, 0) is 25.1 Å². The fourth-order valence-electron chi connectivity index (χ4n) is 3.13. The predicted octanol–water partition coefficient (Wildman–Crippen LogP) is 0.261. The molecule has 136 valence electrons. The van der Waals surface area contributed by atoms with E-state index in [1.807, 2.05) is 24.4 Å². The number of ether oxygens (including phenoxy) is 1. The normalized spacial score (nSPS) is 19.7. The van der Waals surface area contributed by atoms with Crippen molar-refractivity contribution in [3.8, 4) is 0 Å². The molecule has 1 fully saturated rings. The van der Waals surface area contributed by atoms with Crippen LogP contribution in [-0.4, -0.2) is 81.5 Å². The van der Waals surface area contributed by atoms with Crippen LogP contribution >= 0.6 is 0 Å². The molecule has 0 spiro atoms. The number of aromatic nitrogens is 4. The maximum Gasteiger partial charge on any atom is 0.151 e. The van der Waals surface area contributed by atoms with E-state index in [2.05, 4.69) is 32.0 Å². The molecule has 0 aromatic carbocycles. The number of aliphatic hydroxyl groups excluding tert-OH is 1. The van der Waals surface area contributed by atoms with Crippen LogP contribution in [0.1, 0.15) is 6.92 Å². The highest BCUT2D eigenvalue weighted by Gasteiger charge is 2.24. The van der Waals surface area contributed by atoms with Crippen LogP contribution < -0.4 is 4.90 Å². The summed E-state index contributed by atoms with van der Waals surface area (Å²) in [5.74, 6) is 0.865. The molecule has 0 saturated carbocycles. The Kier molecular flexibility index (Phi) is 6.32. The lowest BCUT2D eigenvalue weighted by atomic mass is 10.2. The van der Waals surface area contributed by atoms with Crippen LogP contribution in [0.2, 0.25) is 0 Å². The van der Waals surface area contributed by atoms with Gasteiger partial charge in [-0.1, -0.05) is 0 Å². The zero-order valence-corrected chi connectivity index (χ0v) is 14.6. The number of morpholine rings is 1. The molecule has 1 saturated heterocycles. The monoisotopic (exact) mass is 346 g/mol. The van der Waals surface area contributed by atoms with Crippen molar-refractivity contribution < 1.29 is 9.84 Å². The number of anilines is 1. The van der Waals surface area contributed by atoms with Crippen LogP contribution in [0.5, 0.6) is 0 Å². The Morgan fingerprint density at radius 2 is 2.28 bits per heavy atom. The molecule has 1 aliphatic heterocycles. The summed E-state index contributed by atoms with van der Waals surface area (Å²) < 4.78 is 7.68. The molecule has 25 heavy (non-hydrogen) atoms. The van der Waals surface area contributed by atoms with Crippen LogP contribution in [-0.2, 0) is 11.3 Å². The maximum absolute atomic E-state index is 10.3. The standard InChI is InChI=1S/C17H26N6O2/c1-2-22(17-5-3-6-18-20-17)14-16-13-21(9-10-25-16)11-15(24)12-23-8-4-7-19-23/h3-8,15-16,24H,2,9-14H2,1H3/t15-,16+/m0/s1. The summed E-state index contributed by atoms with van der Waals surface area (Å²) >= 11 is 0. The number of nitrogens with zero attached hydrogens (tertiary/aromatic N) is 6. The van der Waals surface area contributed by atoms with Crippen LogP contribution in [0.4, 0.5) is 5.82 Å². The van der Waals surface area contributed by atoms with Crippen molar-refractivity contribution in [2.24, 2.45) is 0 Å². The van der Waals surface area contributed by atoms with E-state index in [9.17, 15) is 5.11 Å². The zero-order chi connectivity index (χ0) is 17.5. The molecule has 0 amide bonds. The van der Waals surface area contributed by atoms with Gasteiger partial charge in [-0.25, -0.2) is 0 Å². The average Bonchev–Trinajstić information content (AvgIpc) is 3.13. The molecule has 8 heteroatoms. The molecule has 0 radical (unpaired) electrons. The van der Waals surface area contributed by atoms with E-state index in [1.54, 1.807) is 17.1 Å². The van der Waals surface area contributed by atoms with Gasteiger partial charge in [-0.15, -0.1) is 5.10 Å². The fraction of sp³-hybridized carbons (Fsp3) is 0.588. The molecular formula is C17H26N6O2. The minimum absolute atomic E-state index is 0.0904. The van der Waals surface area contributed by atoms with E-state index in [4.69, 9.17) is 4.74 Å². The van der Waals surface area contributed by atoms with Crippen molar-refractivity contribution in [2.45, 2.75) is 25.7 Å². The van der Waals surface area contributed by atoms with Gasteiger partial charge in [0.25, 0.3) is 0 Å². The van der Waals surface area contributed by atoms with Crippen molar-refractivity contribution in [3.63, 3.8) is 0 Å². The molecule has 0 aliphatic carbocycles. The molecule has 3 heterocycles. The lowest BCUT2D eigenvalue weighted by Crippen LogP contribution is -2.50. The summed E-state index contributed by atoms with van der Waals surface area (Å²) in [5.41, 5.74) is 0. The summed E-state index contributed by atoms with van der Waals surface area (Å²) in [5, 5.41) is 22.6. The Bertz CT molecular complexity index is 609.